The fourth-order valence-corrected chi connectivity index (χ4v) is 2.46. The normalized spacial score (nSPS) is 23.4. The van der Waals surface area contributed by atoms with Crippen molar-refractivity contribution in [3.63, 3.8) is 0 Å². The Morgan fingerprint density at radius 2 is 2.06 bits per heavy atom. The number of ether oxygens (including phenoxy) is 1. The number of nitrogens with two attached hydrogens (primary N) is 1. The van der Waals surface area contributed by atoms with Crippen LogP contribution in [0, 0.1) is 5.92 Å². The van der Waals surface area contributed by atoms with Crippen LogP contribution in [0.25, 0.3) is 0 Å². The summed E-state index contributed by atoms with van der Waals surface area (Å²) in [5.41, 5.74) is 6.72. The monoisotopic (exact) mass is 248 g/mol. The summed E-state index contributed by atoms with van der Waals surface area (Å²) in [4.78, 5) is 12.2. The smallest absolute Gasteiger partial charge is 0.229 e. The van der Waals surface area contributed by atoms with Gasteiger partial charge >= 0.3 is 0 Å². The van der Waals surface area contributed by atoms with Crippen molar-refractivity contribution in [1.82, 2.24) is 0 Å². The van der Waals surface area contributed by atoms with Crippen LogP contribution in [0.1, 0.15) is 25.7 Å². The first-order valence-electron chi connectivity index (χ1n) is 6.42. The van der Waals surface area contributed by atoms with E-state index in [2.05, 4.69) is 5.32 Å². The lowest BCUT2D eigenvalue weighted by Crippen LogP contribution is -2.40. The third-order valence-electron chi connectivity index (χ3n) is 3.52. The summed E-state index contributed by atoms with van der Waals surface area (Å²) in [6.45, 7) is 0. The van der Waals surface area contributed by atoms with Gasteiger partial charge in [-0.15, -0.1) is 0 Å². The van der Waals surface area contributed by atoms with Crippen molar-refractivity contribution in [1.29, 1.82) is 0 Å². The van der Waals surface area contributed by atoms with Crippen LogP contribution in [0.2, 0.25) is 0 Å². The summed E-state index contributed by atoms with van der Waals surface area (Å²) in [5, 5.41) is 2.92. The van der Waals surface area contributed by atoms with Gasteiger partial charge < -0.3 is 15.8 Å². The standard InChI is InChI=1S/C14H20N2O2/c1-18-13-9-5-4-8-12(13)16-14(17)10-6-2-3-7-11(10)15/h4-5,8-11H,2-3,6-7,15H2,1H3,(H,16,17). The van der Waals surface area contributed by atoms with E-state index in [1.54, 1.807) is 7.11 Å². The zero-order chi connectivity index (χ0) is 13.0. The number of carbonyl (C=O) groups is 1. The first-order valence-corrected chi connectivity index (χ1v) is 6.42. The summed E-state index contributed by atoms with van der Waals surface area (Å²) in [6.07, 6.45) is 4.02. The minimum absolute atomic E-state index is 0.00620. The number of anilines is 1. The Balaban J connectivity index is 2.06. The molecule has 0 radical (unpaired) electrons. The van der Waals surface area contributed by atoms with Gasteiger partial charge in [0.05, 0.1) is 18.7 Å². The van der Waals surface area contributed by atoms with E-state index >= 15 is 0 Å². The highest BCUT2D eigenvalue weighted by Crippen LogP contribution is 2.27. The lowest BCUT2D eigenvalue weighted by atomic mass is 9.84. The molecule has 1 aromatic carbocycles. The molecule has 1 fully saturated rings. The Bertz CT molecular complexity index is 420. The minimum Gasteiger partial charge on any atom is -0.495 e. The van der Waals surface area contributed by atoms with Crippen molar-refractivity contribution in [3.8, 4) is 5.75 Å². The van der Waals surface area contributed by atoms with Crippen LogP contribution in [0.5, 0.6) is 5.75 Å². The summed E-state index contributed by atoms with van der Waals surface area (Å²) >= 11 is 0. The third kappa shape index (κ3) is 2.82. The quantitative estimate of drug-likeness (QED) is 0.861. The first-order chi connectivity index (χ1) is 8.72. The van der Waals surface area contributed by atoms with Gasteiger partial charge in [-0.2, -0.15) is 0 Å². The van der Waals surface area contributed by atoms with Crippen molar-refractivity contribution in [2.45, 2.75) is 31.7 Å². The highest BCUT2D eigenvalue weighted by molar-refractivity contribution is 5.94. The highest BCUT2D eigenvalue weighted by Gasteiger charge is 2.28. The van der Waals surface area contributed by atoms with Gasteiger partial charge in [-0.3, -0.25) is 4.79 Å². The Morgan fingerprint density at radius 3 is 2.78 bits per heavy atom. The van der Waals surface area contributed by atoms with Gasteiger partial charge in [0.25, 0.3) is 0 Å². The van der Waals surface area contributed by atoms with E-state index < -0.39 is 0 Å². The number of para-hydroxylation sites is 2. The maximum Gasteiger partial charge on any atom is 0.229 e. The maximum absolute atomic E-state index is 12.2. The van der Waals surface area contributed by atoms with Crippen LogP contribution in [0.3, 0.4) is 0 Å². The zero-order valence-electron chi connectivity index (χ0n) is 10.7. The average molecular weight is 248 g/mol. The number of hydrogen-bond donors (Lipinski definition) is 2. The van der Waals surface area contributed by atoms with E-state index in [1.165, 1.54) is 0 Å². The van der Waals surface area contributed by atoms with E-state index in [4.69, 9.17) is 10.5 Å². The molecule has 98 valence electrons. The van der Waals surface area contributed by atoms with Gasteiger partial charge in [0.2, 0.25) is 5.91 Å². The minimum atomic E-state index is -0.0799. The van der Waals surface area contributed by atoms with Crippen LogP contribution in [0.15, 0.2) is 24.3 Å². The average Bonchev–Trinajstić information content (AvgIpc) is 2.39. The van der Waals surface area contributed by atoms with E-state index in [0.29, 0.717) is 11.4 Å². The molecule has 4 nitrogen and oxygen atoms in total. The summed E-state index contributed by atoms with van der Waals surface area (Å²) in [7, 11) is 1.59. The van der Waals surface area contributed by atoms with Crippen molar-refractivity contribution >= 4 is 11.6 Å². The molecule has 1 aliphatic carbocycles. The molecular weight excluding hydrogens is 228 g/mol. The Labute approximate surface area is 108 Å². The molecule has 0 aliphatic heterocycles. The third-order valence-corrected chi connectivity index (χ3v) is 3.52. The summed E-state index contributed by atoms with van der Waals surface area (Å²) in [5.74, 6) is 0.602. The Hall–Kier alpha value is -1.55. The number of hydrogen-bond acceptors (Lipinski definition) is 3. The summed E-state index contributed by atoms with van der Waals surface area (Å²) < 4.78 is 5.21. The topological polar surface area (TPSA) is 64.3 Å². The molecule has 0 heterocycles. The van der Waals surface area contributed by atoms with E-state index in [0.717, 1.165) is 25.7 Å². The lowest BCUT2D eigenvalue weighted by Gasteiger charge is -2.27. The first kappa shape index (κ1) is 12.9. The van der Waals surface area contributed by atoms with Crippen LogP contribution in [-0.4, -0.2) is 19.1 Å². The van der Waals surface area contributed by atoms with Crippen molar-refractivity contribution in [3.05, 3.63) is 24.3 Å². The van der Waals surface area contributed by atoms with E-state index in [-0.39, 0.29) is 17.9 Å². The number of amides is 1. The van der Waals surface area contributed by atoms with Crippen LogP contribution >= 0.6 is 0 Å². The molecule has 0 aromatic heterocycles. The lowest BCUT2D eigenvalue weighted by molar-refractivity contribution is -0.121. The van der Waals surface area contributed by atoms with Gasteiger partial charge in [0.15, 0.2) is 0 Å². The maximum atomic E-state index is 12.2. The van der Waals surface area contributed by atoms with E-state index in [9.17, 15) is 4.79 Å². The molecule has 0 bridgehead atoms. The number of benzene rings is 1. The summed E-state index contributed by atoms with van der Waals surface area (Å²) in [6, 6.07) is 7.40. The molecular formula is C14H20N2O2. The van der Waals surface area contributed by atoms with Gasteiger partial charge in [0, 0.05) is 6.04 Å². The fraction of sp³-hybridized carbons (Fsp3) is 0.500. The molecule has 2 atom stereocenters. The zero-order valence-corrected chi connectivity index (χ0v) is 10.7. The van der Waals surface area contributed by atoms with Crippen molar-refractivity contribution in [2.75, 3.05) is 12.4 Å². The number of carbonyl (C=O) groups excluding carboxylic acids is 1. The predicted molar refractivity (Wildman–Crippen MR) is 71.6 cm³/mol. The molecule has 18 heavy (non-hydrogen) atoms. The number of nitrogens with one attached hydrogen (secondary N) is 1. The van der Waals surface area contributed by atoms with Crippen molar-refractivity contribution < 1.29 is 9.53 Å². The molecule has 1 saturated carbocycles. The number of rotatable bonds is 3. The molecule has 2 unspecified atom stereocenters. The second-order valence-electron chi connectivity index (χ2n) is 4.74. The molecule has 4 heteroatoms. The van der Waals surface area contributed by atoms with Gasteiger partial charge in [-0.05, 0) is 25.0 Å². The van der Waals surface area contributed by atoms with Gasteiger partial charge in [-0.1, -0.05) is 25.0 Å². The van der Waals surface area contributed by atoms with Gasteiger partial charge in [-0.25, -0.2) is 0 Å². The largest absolute Gasteiger partial charge is 0.495 e. The molecule has 3 N–H and O–H groups in total. The second-order valence-corrected chi connectivity index (χ2v) is 4.74. The van der Waals surface area contributed by atoms with Crippen molar-refractivity contribution in [2.24, 2.45) is 11.7 Å². The predicted octanol–water partition coefficient (Wildman–Crippen LogP) is 2.15. The van der Waals surface area contributed by atoms with Crippen LogP contribution in [0.4, 0.5) is 5.69 Å². The second kappa shape index (κ2) is 5.87. The molecule has 0 spiro atoms. The highest BCUT2D eigenvalue weighted by atomic mass is 16.5. The van der Waals surface area contributed by atoms with Crippen LogP contribution < -0.4 is 15.8 Å². The molecule has 0 saturated heterocycles. The molecule has 1 aromatic rings. The van der Waals surface area contributed by atoms with Crippen LogP contribution in [-0.2, 0) is 4.79 Å². The Kier molecular flexibility index (Phi) is 4.20. The molecule has 1 aliphatic rings. The number of methoxy groups -OCH3 is 1. The van der Waals surface area contributed by atoms with Gasteiger partial charge in [0.1, 0.15) is 5.75 Å². The fourth-order valence-electron chi connectivity index (χ4n) is 2.46. The SMILES string of the molecule is COc1ccccc1NC(=O)C1CCCCC1N. The van der Waals surface area contributed by atoms with E-state index in [1.807, 2.05) is 24.3 Å². The Morgan fingerprint density at radius 1 is 1.33 bits per heavy atom. The molecule has 2 rings (SSSR count). The molecule has 1 amide bonds.